The van der Waals surface area contributed by atoms with E-state index in [9.17, 15) is 18.0 Å². The van der Waals surface area contributed by atoms with E-state index in [0.29, 0.717) is 12.0 Å². The second-order valence-electron chi connectivity index (χ2n) is 4.45. The van der Waals surface area contributed by atoms with Gasteiger partial charge in [0.05, 0.1) is 17.1 Å². The molecule has 2 N–H and O–H groups in total. The Kier molecular flexibility index (Phi) is 5.69. The smallest absolute Gasteiger partial charge is 0.335 e. The van der Waals surface area contributed by atoms with Crippen molar-refractivity contribution in [3.8, 4) is 0 Å². The number of hydrogen-bond acceptors (Lipinski definition) is 4. The fourth-order valence-electron chi connectivity index (χ4n) is 1.72. The topological polar surface area (TPSA) is 109 Å². The summed E-state index contributed by atoms with van der Waals surface area (Å²) in [5.41, 5.74) is 0.465. The summed E-state index contributed by atoms with van der Waals surface area (Å²) in [6.07, 6.45) is 0.543. The molecule has 1 aromatic rings. The maximum absolute atomic E-state index is 11.8. The van der Waals surface area contributed by atoms with E-state index >= 15 is 0 Å². The van der Waals surface area contributed by atoms with Crippen LogP contribution in [0.1, 0.15) is 35.2 Å². The molecule has 1 aromatic carbocycles. The molecule has 0 aliphatic heterocycles. The Morgan fingerprint density at radius 1 is 1.10 bits per heavy atom. The molecule has 0 spiro atoms. The van der Waals surface area contributed by atoms with Crippen molar-refractivity contribution in [3.63, 3.8) is 0 Å². The van der Waals surface area contributed by atoms with Crippen LogP contribution in [0.2, 0.25) is 0 Å². The minimum atomic E-state index is -3.36. The lowest BCUT2D eigenvalue weighted by atomic mass is 10.1. The summed E-state index contributed by atoms with van der Waals surface area (Å²) in [6.45, 7) is 0. The van der Waals surface area contributed by atoms with Gasteiger partial charge in [0.1, 0.15) is 0 Å². The maximum Gasteiger partial charge on any atom is 0.335 e. The molecule has 0 unspecified atom stereocenters. The molecule has 0 aliphatic rings. The van der Waals surface area contributed by atoms with Crippen LogP contribution in [0.4, 0.5) is 0 Å². The van der Waals surface area contributed by atoms with E-state index in [1.807, 2.05) is 0 Å². The van der Waals surface area contributed by atoms with Crippen molar-refractivity contribution >= 4 is 21.8 Å². The average Bonchev–Trinajstić information content (AvgIpc) is 2.34. The molecule has 1 rings (SSSR count). The first kappa shape index (κ1) is 16.2. The van der Waals surface area contributed by atoms with Crippen LogP contribution in [0.5, 0.6) is 0 Å². The summed E-state index contributed by atoms with van der Waals surface area (Å²) in [5, 5.41) is 17.3. The standard InChI is InChI=1S/C13H16O6S/c14-12(15)6-1-2-7-20(18,19)9-10-4-3-5-11(8-10)13(16)17/h3-5,8H,1-2,6-7,9H2,(H,14,15)(H,16,17). The number of aliphatic carboxylic acids is 1. The van der Waals surface area contributed by atoms with Crippen molar-refractivity contribution in [3.05, 3.63) is 35.4 Å². The van der Waals surface area contributed by atoms with Crippen LogP contribution < -0.4 is 0 Å². The van der Waals surface area contributed by atoms with Gasteiger partial charge in [0.2, 0.25) is 0 Å². The molecule has 0 saturated heterocycles. The molecule has 0 atom stereocenters. The van der Waals surface area contributed by atoms with Crippen molar-refractivity contribution in [2.75, 3.05) is 5.75 Å². The molecule has 0 amide bonds. The largest absolute Gasteiger partial charge is 0.481 e. The molecular formula is C13H16O6S. The average molecular weight is 300 g/mol. The molecule has 0 fully saturated rings. The van der Waals surface area contributed by atoms with Crippen LogP contribution in [-0.2, 0) is 20.4 Å². The van der Waals surface area contributed by atoms with Gasteiger partial charge in [-0.2, -0.15) is 0 Å². The first-order valence-electron chi connectivity index (χ1n) is 6.04. The lowest BCUT2D eigenvalue weighted by Crippen LogP contribution is -2.10. The molecule has 0 aromatic heterocycles. The summed E-state index contributed by atoms with van der Waals surface area (Å²) < 4.78 is 23.7. The van der Waals surface area contributed by atoms with E-state index in [4.69, 9.17) is 10.2 Å². The van der Waals surface area contributed by atoms with Crippen molar-refractivity contribution in [1.82, 2.24) is 0 Å². The van der Waals surface area contributed by atoms with E-state index in [-0.39, 0.29) is 29.9 Å². The number of aromatic carboxylic acids is 1. The molecule has 0 saturated carbocycles. The summed E-state index contributed by atoms with van der Waals surface area (Å²) in [6, 6.07) is 5.78. The Hall–Kier alpha value is -1.89. The number of hydrogen-bond donors (Lipinski definition) is 2. The van der Waals surface area contributed by atoms with E-state index in [1.165, 1.54) is 18.2 Å². The van der Waals surface area contributed by atoms with Crippen molar-refractivity contribution in [1.29, 1.82) is 0 Å². The number of rotatable bonds is 8. The summed E-state index contributed by atoms with van der Waals surface area (Å²) in [4.78, 5) is 21.1. The Bertz CT molecular complexity index is 591. The predicted octanol–water partition coefficient (Wildman–Crippen LogP) is 1.55. The third-order valence-electron chi connectivity index (χ3n) is 2.66. The Morgan fingerprint density at radius 2 is 1.80 bits per heavy atom. The predicted molar refractivity (Wildman–Crippen MR) is 72.4 cm³/mol. The number of unbranched alkanes of at least 4 members (excludes halogenated alkanes) is 1. The van der Waals surface area contributed by atoms with E-state index < -0.39 is 21.8 Å². The summed E-state index contributed by atoms with van der Waals surface area (Å²) in [7, 11) is -3.36. The van der Waals surface area contributed by atoms with Gasteiger partial charge in [0.15, 0.2) is 9.84 Å². The number of sulfone groups is 1. The van der Waals surface area contributed by atoms with E-state index in [2.05, 4.69) is 0 Å². The molecule has 0 bridgehead atoms. The number of carboxylic acid groups (broad SMARTS) is 2. The lowest BCUT2D eigenvalue weighted by Gasteiger charge is -2.05. The monoisotopic (exact) mass is 300 g/mol. The van der Waals surface area contributed by atoms with Crippen molar-refractivity contribution in [2.45, 2.75) is 25.0 Å². The second kappa shape index (κ2) is 7.04. The van der Waals surface area contributed by atoms with Crippen LogP contribution in [0.25, 0.3) is 0 Å². The van der Waals surface area contributed by atoms with Crippen LogP contribution in [0.3, 0.4) is 0 Å². The van der Waals surface area contributed by atoms with Gasteiger partial charge in [-0.3, -0.25) is 4.79 Å². The molecule has 0 aliphatic carbocycles. The maximum atomic E-state index is 11.8. The quantitative estimate of drug-likeness (QED) is 0.705. The molecule has 20 heavy (non-hydrogen) atoms. The zero-order valence-corrected chi connectivity index (χ0v) is 11.6. The van der Waals surface area contributed by atoms with Crippen LogP contribution in [0.15, 0.2) is 24.3 Å². The fraction of sp³-hybridized carbons (Fsp3) is 0.385. The van der Waals surface area contributed by atoms with Crippen molar-refractivity contribution in [2.24, 2.45) is 0 Å². The molecule has 0 heterocycles. The Balaban J connectivity index is 2.60. The highest BCUT2D eigenvalue weighted by Gasteiger charge is 2.13. The normalized spacial score (nSPS) is 11.2. The zero-order valence-electron chi connectivity index (χ0n) is 10.8. The molecule has 7 heteroatoms. The van der Waals surface area contributed by atoms with Gasteiger partial charge >= 0.3 is 11.9 Å². The zero-order chi connectivity index (χ0) is 15.2. The minimum Gasteiger partial charge on any atom is -0.481 e. The highest BCUT2D eigenvalue weighted by Crippen LogP contribution is 2.11. The van der Waals surface area contributed by atoms with Gasteiger partial charge in [-0.15, -0.1) is 0 Å². The highest BCUT2D eigenvalue weighted by atomic mass is 32.2. The van der Waals surface area contributed by atoms with Gasteiger partial charge in [0, 0.05) is 6.42 Å². The number of carbonyl (C=O) groups is 2. The Labute approximate surface area is 117 Å². The minimum absolute atomic E-state index is 0.0450. The van der Waals surface area contributed by atoms with Gasteiger partial charge in [-0.1, -0.05) is 12.1 Å². The lowest BCUT2D eigenvalue weighted by molar-refractivity contribution is -0.137. The molecule has 110 valence electrons. The van der Waals surface area contributed by atoms with Crippen LogP contribution >= 0.6 is 0 Å². The van der Waals surface area contributed by atoms with Gasteiger partial charge in [-0.25, -0.2) is 13.2 Å². The number of benzene rings is 1. The third kappa shape index (κ3) is 5.83. The van der Waals surface area contributed by atoms with Crippen molar-refractivity contribution < 1.29 is 28.2 Å². The van der Waals surface area contributed by atoms with Crippen LogP contribution in [0, 0.1) is 0 Å². The first-order valence-corrected chi connectivity index (χ1v) is 7.87. The van der Waals surface area contributed by atoms with Gasteiger partial charge < -0.3 is 10.2 Å². The van der Waals surface area contributed by atoms with E-state index in [0.717, 1.165) is 0 Å². The highest BCUT2D eigenvalue weighted by molar-refractivity contribution is 7.90. The van der Waals surface area contributed by atoms with Gasteiger partial charge in [-0.05, 0) is 30.5 Å². The second-order valence-corrected chi connectivity index (χ2v) is 6.63. The van der Waals surface area contributed by atoms with E-state index in [1.54, 1.807) is 6.07 Å². The summed E-state index contributed by atoms with van der Waals surface area (Å²) in [5.74, 6) is -2.39. The summed E-state index contributed by atoms with van der Waals surface area (Å²) >= 11 is 0. The molecule has 0 radical (unpaired) electrons. The molecular weight excluding hydrogens is 284 g/mol. The van der Waals surface area contributed by atoms with Gasteiger partial charge in [0.25, 0.3) is 0 Å². The first-order chi connectivity index (χ1) is 9.30. The Morgan fingerprint density at radius 3 is 2.40 bits per heavy atom. The SMILES string of the molecule is O=C(O)CCCCS(=O)(=O)Cc1cccc(C(=O)O)c1. The third-order valence-corrected chi connectivity index (χ3v) is 4.34. The molecule has 6 nitrogen and oxygen atoms in total. The number of carboxylic acids is 2. The fourth-order valence-corrected chi connectivity index (χ4v) is 3.19. The van der Waals surface area contributed by atoms with Crippen LogP contribution in [-0.4, -0.2) is 36.3 Å².